The molecule has 0 heterocycles. The fourth-order valence-corrected chi connectivity index (χ4v) is 1.97. The van der Waals surface area contributed by atoms with Crippen molar-refractivity contribution in [2.45, 2.75) is 13.8 Å². The molecule has 3 nitrogen and oxygen atoms in total. The van der Waals surface area contributed by atoms with Gasteiger partial charge in [0.2, 0.25) is 0 Å². The zero-order chi connectivity index (χ0) is 14.4. The van der Waals surface area contributed by atoms with Crippen molar-refractivity contribution in [2.75, 3.05) is 18.5 Å². The quantitative estimate of drug-likeness (QED) is 0.840. The van der Waals surface area contributed by atoms with E-state index in [0.717, 1.165) is 23.5 Å². The zero-order valence-corrected chi connectivity index (χ0v) is 11.8. The van der Waals surface area contributed by atoms with Crippen LogP contribution in [0.3, 0.4) is 0 Å². The lowest BCUT2D eigenvalue weighted by atomic mass is 10.1. The minimum atomic E-state index is 0.600. The summed E-state index contributed by atoms with van der Waals surface area (Å²) in [6, 6.07) is 15.9. The number of benzene rings is 2. The van der Waals surface area contributed by atoms with E-state index in [1.807, 2.05) is 56.3 Å². The van der Waals surface area contributed by atoms with Crippen LogP contribution in [0, 0.1) is 25.2 Å². The molecular formula is C17H18N2O. The monoisotopic (exact) mass is 266 g/mol. The summed E-state index contributed by atoms with van der Waals surface area (Å²) in [6.45, 7) is 5.30. The first-order valence-electron chi connectivity index (χ1n) is 6.63. The Morgan fingerprint density at radius 1 is 1.15 bits per heavy atom. The maximum atomic E-state index is 8.88. The predicted octanol–water partition coefficient (Wildman–Crippen LogP) is 3.67. The van der Waals surface area contributed by atoms with E-state index in [0.29, 0.717) is 12.2 Å². The summed E-state index contributed by atoms with van der Waals surface area (Å²) >= 11 is 0. The summed E-state index contributed by atoms with van der Waals surface area (Å²) in [5, 5.41) is 12.2. The second-order valence-electron chi connectivity index (χ2n) is 4.73. The fourth-order valence-electron chi connectivity index (χ4n) is 1.97. The van der Waals surface area contributed by atoms with Gasteiger partial charge in [0, 0.05) is 12.2 Å². The van der Waals surface area contributed by atoms with Crippen molar-refractivity contribution in [2.24, 2.45) is 0 Å². The number of nitriles is 1. The average molecular weight is 266 g/mol. The molecule has 1 N–H and O–H groups in total. The van der Waals surface area contributed by atoms with Crippen molar-refractivity contribution in [1.82, 2.24) is 0 Å². The molecule has 0 aliphatic carbocycles. The van der Waals surface area contributed by atoms with Crippen LogP contribution < -0.4 is 10.1 Å². The van der Waals surface area contributed by atoms with Crippen LogP contribution in [0.2, 0.25) is 0 Å². The molecule has 0 aromatic heterocycles. The molecule has 0 aliphatic rings. The minimum Gasteiger partial charge on any atom is -0.492 e. The van der Waals surface area contributed by atoms with Gasteiger partial charge in [0.1, 0.15) is 12.4 Å². The second kappa shape index (κ2) is 6.63. The maximum absolute atomic E-state index is 8.88. The molecule has 0 radical (unpaired) electrons. The number of ether oxygens (including phenoxy) is 1. The van der Waals surface area contributed by atoms with Crippen LogP contribution >= 0.6 is 0 Å². The van der Waals surface area contributed by atoms with E-state index in [4.69, 9.17) is 10.00 Å². The Bertz CT molecular complexity index is 629. The largest absolute Gasteiger partial charge is 0.492 e. The molecule has 2 aromatic rings. The number of rotatable bonds is 5. The predicted molar refractivity (Wildman–Crippen MR) is 81.1 cm³/mol. The smallest absolute Gasteiger partial charge is 0.119 e. The summed E-state index contributed by atoms with van der Waals surface area (Å²) in [4.78, 5) is 0. The molecule has 0 unspecified atom stereocenters. The number of anilines is 1. The van der Waals surface area contributed by atoms with Gasteiger partial charge in [-0.15, -0.1) is 0 Å². The molecule has 0 amide bonds. The van der Waals surface area contributed by atoms with E-state index in [-0.39, 0.29) is 0 Å². The highest BCUT2D eigenvalue weighted by atomic mass is 16.5. The van der Waals surface area contributed by atoms with Gasteiger partial charge in [-0.1, -0.05) is 12.1 Å². The SMILES string of the molecule is Cc1cccc(OCCNc2ccc(C#N)c(C)c2)c1. The van der Waals surface area contributed by atoms with Crippen molar-refractivity contribution >= 4 is 5.69 Å². The van der Waals surface area contributed by atoms with E-state index in [1.54, 1.807) is 0 Å². The minimum absolute atomic E-state index is 0.600. The third-order valence-corrected chi connectivity index (χ3v) is 3.04. The third-order valence-electron chi connectivity index (χ3n) is 3.04. The number of nitrogens with zero attached hydrogens (tertiary/aromatic N) is 1. The van der Waals surface area contributed by atoms with Crippen LogP contribution in [0.25, 0.3) is 0 Å². The molecule has 0 spiro atoms. The lowest BCUT2D eigenvalue weighted by Crippen LogP contribution is -2.11. The van der Waals surface area contributed by atoms with Gasteiger partial charge in [0.05, 0.1) is 11.6 Å². The Labute approximate surface area is 119 Å². The van der Waals surface area contributed by atoms with E-state index >= 15 is 0 Å². The van der Waals surface area contributed by atoms with Crippen LogP contribution in [0.15, 0.2) is 42.5 Å². The van der Waals surface area contributed by atoms with Gasteiger partial charge < -0.3 is 10.1 Å². The van der Waals surface area contributed by atoms with Gasteiger partial charge in [0.15, 0.2) is 0 Å². The van der Waals surface area contributed by atoms with E-state index in [9.17, 15) is 0 Å². The van der Waals surface area contributed by atoms with Crippen molar-refractivity contribution < 1.29 is 4.74 Å². The van der Waals surface area contributed by atoms with Gasteiger partial charge in [-0.05, 0) is 55.3 Å². The molecule has 0 saturated heterocycles. The van der Waals surface area contributed by atoms with Crippen LogP contribution in [-0.2, 0) is 0 Å². The van der Waals surface area contributed by atoms with Gasteiger partial charge in [-0.25, -0.2) is 0 Å². The van der Waals surface area contributed by atoms with Gasteiger partial charge in [-0.2, -0.15) is 5.26 Å². The highest BCUT2D eigenvalue weighted by Crippen LogP contribution is 2.15. The topological polar surface area (TPSA) is 45.0 Å². The molecule has 0 bridgehead atoms. The first kappa shape index (κ1) is 14.0. The Morgan fingerprint density at radius 3 is 2.70 bits per heavy atom. The first-order chi connectivity index (χ1) is 9.69. The standard InChI is InChI=1S/C17H18N2O/c1-13-4-3-5-17(10-13)20-9-8-19-16-7-6-15(12-18)14(2)11-16/h3-7,10-11,19H,8-9H2,1-2H3. The molecule has 20 heavy (non-hydrogen) atoms. The first-order valence-corrected chi connectivity index (χ1v) is 6.63. The molecule has 0 fully saturated rings. The Balaban J connectivity index is 1.82. The molecular weight excluding hydrogens is 248 g/mol. The Kier molecular flexibility index (Phi) is 4.62. The normalized spacial score (nSPS) is 9.85. The molecule has 102 valence electrons. The average Bonchev–Trinajstić information content (AvgIpc) is 2.44. The number of hydrogen-bond acceptors (Lipinski definition) is 3. The van der Waals surface area contributed by atoms with Crippen LogP contribution in [-0.4, -0.2) is 13.2 Å². The molecule has 0 aliphatic heterocycles. The fraction of sp³-hybridized carbons (Fsp3) is 0.235. The lowest BCUT2D eigenvalue weighted by Gasteiger charge is -2.10. The zero-order valence-electron chi connectivity index (χ0n) is 11.8. The molecule has 0 saturated carbocycles. The van der Waals surface area contributed by atoms with E-state index in [2.05, 4.69) is 11.4 Å². The van der Waals surface area contributed by atoms with Gasteiger partial charge in [0.25, 0.3) is 0 Å². The summed E-state index contributed by atoms with van der Waals surface area (Å²) in [6.07, 6.45) is 0. The second-order valence-corrected chi connectivity index (χ2v) is 4.73. The van der Waals surface area contributed by atoms with E-state index in [1.165, 1.54) is 5.56 Å². The summed E-state index contributed by atoms with van der Waals surface area (Å²) in [7, 11) is 0. The van der Waals surface area contributed by atoms with Crippen molar-refractivity contribution in [3.63, 3.8) is 0 Å². The number of hydrogen-bond donors (Lipinski definition) is 1. The highest BCUT2D eigenvalue weighted by molar-refractivity contribution is 5.51. The van der Waals surface area contributed by atoms with E-state index < -0.39 is 0 Å². The molecule has 3 heteroatoms. The van der Waals surface area contributed by atoms with Gasteiger partial charge in [-0.3, -0.25) is 0 Å². The Morgan fingerprint density at radius 2 is 2.00 bits per heavy atom. The summed E-state index contributed by atoms with van der Waals surface area (Å²) in [5.74, 6) is 0.891. The van der Waals surface area contributed by atoms with Gasteiger partial charge >= 0.3 is 0 Å². The van der Waals surface area contributed by atoms with Crippen molar-refractivity contribution in [3.8, 4) is 11.8 Å². The Hall–Kier alpha value is -2.47. The molecule has 0 atom stereocenters. The van der Waals surface area contributed by atoms with Crippen molar-refractivity contribution in [1.29, 1.82) is 5.26 Å². The van der Waals surface area contributed by atoms with Crippen LogP contribution in [0.4, 0.5) is 5.69 Å². The summed E-state index contributed by atoms with van der Waals surface area (Å²) in [5.41, 5.74) is 3.90. The third kappa shape index (κ3) is 3.76. The number of aryl methyl sites for hydroxylation is 2. The maximum Gasteiger partial charge on any atom is 0.119 e. The summed E-state index contributed by atoms with van der Waals surface area (Å²) < 4.78 is 5.67. The molecule has 2 rings (SSSR count). The van der Waals surface area contributed by atoms with Crippen LogP contribution in [0.5, 0.6) is 5.75 Å². The molecule has 2 aromatic carbocycles. The van der Waals surface area contributed by atoms with Crippen molar-refractivity contribution in [3.05, 3.63) is 59.2 Å². The lowest BCUT2D eigenvalue weighted by molar-refractivity contribution is 0.332. The number of nitrogens with one attached hydrogen (secondary N) is 1. The highest BCUT2D eigenvalue weighted by Gasteiger charge is 1.99. The van der Waals surface area contributed by atoms with Crippen LogP contribution in [0.1, 0.15) is 16.7 Å².